The number of nitrogens with one attached hydrogen (secondary N) is 1. The second kappa shape index (κ2) is 6.60. The number of hydrogen-bond acceptors (Lipinski definition) is 5. The summed E-state index contributed by atoms with van der Waals surface area (Å²) in [6, 6.07) is -1.29. The van der Waals surface area contributed by atoms with Gasteiger partial charge in [-0.05, 0) is 0 Å². The van der Waals surface area contributed by atoms with Crippen LogP contribution >= 0.6 is 0 Å². The SMILES string of the molecule is N[C@@H](CC(=O)O)C(=O)O.O=C1NCCO1. The van der Waals surface area contributed by atoms with Crippen molar-refractivity contribution in [3.8, 4) is 0 Å². The molecule has 1 saturated heterocycles. The Bertz CT molecular complexity index is 246. The van der Waals surface area contributed by atoms with Gasteiger partial charge in [-0.1, -0.05) is 0 Å². The van der Waals surface area contributed by atoms with Gasteiger partial charge in [0.25, 0.3) is 0 Å². The molecule has 1 aliphatic heterocycles. The zero-order chi connectivity index (χ0) is 11.8. The first-order chi connectivity index (χ1) is 6.93. The summed E-state index contributed by atoms with van der Waals surface area (Å²) >= 11 is 0. The standard InChI is InChI=1S/C4H7NO4.C3H5NO2/c5-2(4(8)9)1-3(6)7;5-3-4-1-2-6-3/h2H,1,5H2,(H,6,7)(H,8,9);1-2H2,(H,4,5)/t2-;/m0./s1. The maximum atomic E-state index is 9.91. The van der Waals surface area contributed by atoms with Crippen LogP contribution in [0.25, 0.3) is 0 Å². The minimum atomic E-state index is -1.29. The molecule has 0 aromatic carbocycles. The molecule has 0 aromatic rings. The molecule has 0 aromatic heterocycles. The summed E-state index contributed by atoms with van der Waals surface area (Å²) in [6.45, 7) is 1.19. The van der Waals surface area contributed by atoms with E-state index in [1.807, 2.05) is 0 Å². The summed E-state index contributed by atoms with van der Waals surface area (Å²) in [5.74, 6) is -2.50. The van der Waals surface area contributed by atoms with Gasteiger partial charge < -0.3 is 26.0 Å². The summed E-state index contributed by atoms with van der Waals surface area (Å²) in [7, 11) is 0. The zero-order valence-electron chi connectivity index (χ0n) is 7.80. The van der Waals surface area contributed by atoms with E-state index in [0.29, 0.717) is 13.2 Å². The maximum absolute atomic E-state index is 9.91. The number of aliphatic carboxylic acids is 2. The summed E-state index contributed by atoms with van der Waals surface area (Å²) < 4.78 is 4.40. The molecule has 1 atom stereocenters. The Morgan fingerprint density at radius 3 is 2.27 bits per heavy atom. The molecule has 1 fully saturated rings. The molecule has 8 nitrogen and oxygen atoms in total. The van der Waals surface area contributed by atoms with E-state index in [1.54, 1.807) is 0 Å². The lowest BCUT2D eigenvalue weighted by atomic mass is 10.2. The van der Waals surface area contributed by atoms with Crippen molar-refractivity contribution < 1.29 is 29.3 Å². The molecule has 0 bridgehead atoms. The van der Waals surface area contributed by atoms with E-state index in [4.69, 9.17) is 15.9 Å². The second-order valence-electron chi connectivity index (χ2n) is 2.61. The van der Waals surface area contributed by atoms with Crippen LogP contribution < -0.4 is 11.1 Å². The highest BCUT2D eigenvalue weighted by atomic mass is 16.6. The molecule has 0 saturated carbocycles. The Morgan fingerprint density at radius 2 is 2.13 bits per heavy atom. The first-order valence-corrected chi connectivity index (χ1v) is 4.04. The molecule has 1 heterocycles. The molecule has 5 N–H and O–H groups in total. The number of carbonyl (C=O) groups excluding carboxylic acids is 1. The summed E-state index contributed by atoms with van der Waals surface area (Å²) in [4.78, 5) is 29.5. The van der Waals surface area contributed by atoms with Crippen LogP contribution in [0.3, 0.4) is 0 Å². The van der Waals surface area contributed by atoms with E-state index in [9.17, 15) is 14.4 Å². The Kier molecular flexibility index (Phi) is 5.79. The van der Waals surface area contributed by atoms with Crippen LogP contribution in [0.4, 0.5) is 4.79 Å². The maximum Gasteiger partial charge on any atom is 0.407 e. The fraction of sp³-hybridized carbons (Fsp3) is 0.571. The highest BCUT2D eigenvalue weighted by molar-refractivity contribution is 5.80. The summed E-state index contributed by atoms with van der Waals surface area (Å²) in [6.07, 6.45) is -0.829. The van der Waals surface area contributed by atoms with Crippen LogP contribution in [0, 0.1) is 0 Å². The van der Waals surface area contributed by atoms with E-state index >= 15 is 0 Å². The number of amides is 1. The highest BCUT2D eigenvalue weighted by Crippen LogP contribution is 1.86. The molecule has 1 aliphatic rings. The third-order valence-corrected chi connectivity index (χ3v) is 1.32. The average Bonchev–Trinajstić information content (AvgIpc) is 2.55. The van der Waals surface area contributed by atoms with Crippen LogP contribution in [0.2, 0.25) is 0 Å². The molecule has 0 aliphatic carbocycles. The first-order valence-electron chi connectivity index (χ1n) is 4.04. The third kappa shape index (κ3) is 7.26. The minimum Gasteiger partial charge on any atom is -0.481 e. The van der Waals surface area contributed by atoms with Crippen LogP contribution in [-0.4, -0.2) is 47.4 Å². The van der Waals surface area contributed by atoms with E-state index in [2.05, 4.69) is 10.1 Å². The molecule has 8 heteroatoms. The van der Waals surface area contributed by atoms with Crippen molar-refractivity contribution in [2.75, 3.05) is 13.2 Å². The van der Waals surface area contributed by atoms with E-state index in [-0.39, 0.29) is 6.09 Å². The number of ether oxygens (including phenoxy) is 1. The van der Waals surface area contributed by atoms with E-state index in [0.717, 1.165) is 0 Å². The summed E-state index contributed by atoms with van der Waals surface area (Å²) in [5, 5.41) is 18.5. The van der Waals surface area contributed by atoms with Crippen LogP contribution in [0.5, 0.6) is 0 Å². The average molecular weight is 220 g/mol. The number of carboxylic acid groups (broad SMARTS) is 2. The number of rotatable bonds is 3. The smallest absolute Gasteiger partial charge is 0.407 e. The van der Waals surface area contributed by atoms with Crippen LogP contribution in [0.15, 0.2) is 0 Å². The lowest BCUT2D eigenvalue weighted by Gasteiger charge is -1.99. The monoisotopic (exact) mass is 220 g/mol. The molecule has 1 amide bonds. The molecule has 1 rings (SSSR count). The van der Waals surface area contributed by atoms with Gasteiger partial charge in [0.1, 0.15) is 12.6 Å². The van der Waals surface area contributed by atoms with Gasteiger partial charge in [0, 0.05) is 0 Å². The van der Waals surface area contributed by atoms with Crippen molar-refractivity contribution in [3.05, 3.63) is 0 Å². The van der Waals surface area contributed by atoms with Crippen LogP contribution in [-0.2, 0) is 14.3 Å². The van der Waals surface area contributed by atoms with Crippen molar-refractivity contribution in [3.63, 3.8) is 0 Å². The van der Waals surface area contributed by atoms with Gasteiger partial charge in [0.2, 0.25) is 0 Å². The van der Waals surface area contributed by atoms with Crippen molar-refractivity contribution in [2.24, 2.45) is 5.73 Å². The Hall–Kier alpha value is -1.83. The molecule has 0 radical (unpaired) electrons. The first kappa shape index (κ1) is 13.2. The number of hydrogen-bond donors (Lipinski definition) is 4. The molecule has 0 spiro atoms. The third-order valence-electron chi connectivity index (χ3n) is 1.32. The van der Waals surface area contributed by atoms with E-state index in [1.165, 1.54) is 0 Å². The largest absolute Gasteiger partial charge is 0.481 e. The van der Waals surface area contributed by atoms with Crippen molar-refractivity contribution >= 4 is 18.0 Å². The van der Waals surface area contributed by atoms with Crippen molar-refractivity contribution in [1.29, 1.82) is 0 Å². The molecule has 15 heavy (non-hydrogen) atoms. The number of nitrogens with two attached hydrogens (primary N) is 1. The van der Waals surface area contributed by atoms with Crippen LogP contribution in [0.1, 0.15) is 6.42 Å². The van der Waals surface area contributed by atoms with Gasteiger partial charge in [-0.3, -0.25) is 9.59 Å². The molecular weight excluding hydrogens is 208 g/mol. The number of carbonyl (C=O) groups is 3. The van der Waals surface area contributed by atoms with Gasteiger partial charge in [-0.15, -0.1) is 0 Å². The predicted octanol–water partition coefficient (Wildman–Crippen LogP) is -1.40. The minimum absolute atomic E-state index is 0.296. The number of cyclic esters (lactones) is 1. The molecule has 86 valence electrons. The van der Waals surface area contributed by atoms with E-state index < -0.39 is 24.4 Å². The Morgan fingerprint density at radius 1 is 1.53 bits per heavy atom. The Labute approximate surface area is 85.0 Å². The summed E-state index contributed by atoms with van der Waals surface area (Å²) in [5.41, 5.74) is 4.84. The zero-order valence-corrected chi connectivity index (χ0v) is 7.80. The lowest BCUT2D eigenvalue weighted by molar-refractivity contribution is -0.144. The van der Waals surface area contributed by atoms with Gasteiger partial charge in [0.15, 0.2) is 0 Å². The Balaban J connectivity index is 0.000000280. The van der Waals surface area contributed by atoms with Crippen molar-refractivity contribution in [1.82, 2.24) is 5.32 Å². The number of alkyl carbamates (subject to hydrolysis) is 1. The predicted molar refractivity (Wildman–Crippen MR) is 47.2 cm³/mol. The van der Waals surface area contributed by atoms with Gasteiger partial charge in [-0.2, -0.15) is 0 Å². The second-order valence-corrected chi connectivity index (χ2v) is 2.61. The fourth-order valence-electron chi connectivity index (χ4n) is 0.623. The van der Waals surface area contributed by atoms with Crippen molar-refractivity contribution in [2.45, 2.75) is 12.5 Å². The van der Waals surface area contributed by atoms with Gasteiger partial charge in [0.05, 0.1) is 13.0 Å². The molecule has 0 unspecified atom stereocenters. The number of carboxylic acids is 2. The molecular formula is C7H12N2O6. The van der Waals surface area contributed by atoms with Gasteiger partial charge in [-0.25, -0.2) is 4.79 Å². The van der Waals surface area contributed by atoms with Gasteiger partial charge >= 0.3 is 18.0 Å². The fourth-order valence-corrected chi connectivity index (χ4v) is 0.623. The normalized spacial score (nSPS) is 15.4. The lowest BCUT2D eigenvalue weighted by Crippen LogP contribution is -2.32. The quantitative estimate of drug-likeness (QED) is 0.458. The highest BCUT2D eigenvalue weighted by Gasteiger charge is 2.14. The topological polar surface area (TPSA) is 139 Å².